The van der Waals surface area contributed by atoms with E-state index in [0.29, 0.717) is 5.56 Å². The van der Waals surface area contributed by atoms with Crippen LogP contribution >= 0.6 is 0 Å². The van der Waals surface area contributed by atoms with Crippen LogP contribution in [0, 0.1) is 0 Å². The Labute approximate surface area is 198 Å². The third-order valence-corrected chi connectivity index (χ3v) is 6.85. The first-order valence-corrected chi connectivity index (χ1v) is 11.8. The van der Waals surface area contributed by atoms with E-state index < -0.39 is 0 Å². The molecule has 0 aromatic carbocycles. The summed E-state index contributed by atoms with van der Waals surface area (Å²) in [5, 5.41) is 1.95. The molecule has 0 atom stereocenters. The fraction of sp³-hybridized carbons (Fsp3) is 0.346. The zero-order valence-electron chi connectivity index (χ0n) is 19.3. The van der Waals surface area contributed by atoms with Gasteiger partial charge in [-0.25, -0.2) is 9.97 Å². The number of piperazine rings is 1. The van der Waals surface area contributed by atoms with Crippen molar-refractivity contribution in [2.45, 2.75) is 25.3 Å². The summed E-state index contributed by atoms with van der Waals surface area (Å²) >= 11 is 0. The molecule has 0 bridgehead atoms. The molecule has 1 aliphatic carbocycles. The number of anilines is 1. The monoisotopic (exact) mass is 453 g/mol. The van der Waals surface area contributed by atoms with Gasteiger partial charge in [0.1, 0.15) is 5.82 Å². The van der Waals surface area contributed by atoms with Crippen molar-refractivity contribution in [1.29, 1.82) is 0 Å². The first-order valence-electron chi connectivity index (χ1n) is 11.8. The Morgan fingerprint density at radius 2 is 1.79 bits per heavy atom. The molecule has 1 aliphatic heterocycles. The predicted octanol–water partition coefficient (Wildman–Crippen LogP) is 3.14. The molecule has 8 heteroatoms. The predicted molar refractivity (Wildman–Crippen MR) is 131 cm³/mol. The molecule has 2 fully saturated rings. The van der Waals surface area contributed by atoms with Crippen LogP contribution in [0.15, 0.2) is 55.4 Å². The minimum atomic E-state index is 0.0491. The number of hydrogen-bond acceptors (Lipinski definition) is 7. The number of Topliss-reactive ketones (excluding diaryl/α,β-unsaturated/α-hetero) is 1. The third-order valence-electron chi connectivity index (χ3n) is 6.85. The van der Waals surface area contributed by atoms with Crippen LogP contribution < -0.4 is 4.90 Å². The van der Waals surface area contributed by atoms with Crippen LogP contribution in [0.5, 0.6) is 0 Å². The fourth-order valence-electron chi connectivity index (χ4n) is 4.71. The van der Waals surface area contributed by atoms with E-state index >= 15 is 0 Å². The summed E-state index contributed by atoms with van der Waals surface area (Å²) in [6.07, 6.45) is 11.8. The van der Waals surface area contributed by atoms with Crippen molar-refractivity contribution in [3.63, 3.8) is 0 Å². The SMILES string of the molecule is Cn1cncc1-c1cc2cc(CC(=O)c3ccnc(N4CCN(C5CC5)CC4)c3)ncc2cn1. The molecule has 1 saturated carbocycles. The lowest BCUT2D eigenvalue weighted by Gasteiger charge is -2.35. The van der Waals surface area contributed by atoms with Crippen LogP contribution in [0.4, 0.5) is 5.82 Å². The summed E-state index contributed by atoms with van der Waals surface area (Å²) in [4.78, 5) is 35.8. The van der Waals surface area contributed by atoms with Gasteiger partial charge in [-0.3, -0.25) is 19.7 Å². The largest absolute Gasteiger partial charge is 0.354 e. The zero-order valence-corrected chi connectivity index (χ0v) is 19.3. The Morgan fingerprint density at radius 1 is 0.971 bits per heavy atom. The Hall–Kier alpha value is -3.65. The number of rotatable bonds is 6. The number of fused-ring (bicyclic) bond motifs is 1. The number of aromatic nitrogens is 5. The first-order chi connectivity index (χ1) is 16.6. The fourth-order valence-corrected chi connectivity index (χ4v) is 4.71. The second kappa shape index (κ2) is 8.61. The van der Waals surface area contributed by atoms with Crippen LogP contribution in [0.25, 0.3) is 22.2 Å². The molecule has 1 saturated heterocycles. The molecule has 0 spiro atoms. The van der Waals surface area contributed by atoms with Crippen LogP contribution in [0.1, 0.15) is 28.9 Å². The van der Waals surface area contributed by atoms with Crippen molar-refractivity contribution in [1.82, 2.24) is 29.4 Å². The first kappa shape index (κ1) is 20.9. The summed E-state index contributed by atoms with van der Waals surface area (Å²) in [6, 6.07) is 8.54. The van der Waals surface area contributed by atoms with Crippen LogP contribution in [-0.4, -0.2) is 67.4 Å². The van der Waals surface area contributed by atoms with Crippen molar-refractivity contribution in [3.8, 4) is 11.4 Å². The minimum absolute atomic E-state index is 0.0491. The van der Waals surface area contributed by atoms with E-state index in [1.807, 2.05) is 36.0 Å². The molecule has 0 amide bonds. The summed E-state index contributed by atoms with van der Waals surface area (Å²) in [7, 11) is 1.95. The smallest absolute Gasteiger partial charge is 0.169 e. The van der Waals surface area contributed by atoms with Crippen molar-refractivity contribution in [2.75, 3.05) is 31.1 Å². The average molecular weight is 454 g/mol. The molecular formula is C26H27N7O. The molecular weight excluding hydrogens is 426 g/mol. The highest BCUT2D eigenvalue weighted by Gasteiger charge is 2.31. The quantitative estimate of drug-likeness (QED) is 0.415. The number of nitrogens with zero attached hydrogens (tertiary/aromatic N) is 7. The number of aryl methyl sites for hydroxylation is 1. The molecule has 0 radical (unpaired) electrons. The Bertz CT molecular complexity index is 1350. The highest BCUT2D eigenvalue weighted by atomic mass is 16.1. The molecule has 172 valence electrons. The van der Waals surface area contributed by atoms with Crippen molar-refractivity contribution < 1.29 is 4.79 Å². The summed E-state index contributed by atoms with van der Waals surface area (Å²) < 4.78 is 1.94. The second-order valence-electron chi connectivity index (χ2n) is 9.24. The lowest BCUT2D eigenvalue weighted by molar-refractivity contribution is 0.0992. The minimum Gasteiger partial charge on any atom is -0.354 e. The third kappa shape index (κ3) is 4.17. The average Bonchev–Trinajstić information content (AvgIpc) is 3.64. The van der Waals surface area contributed by atoms with Gasteiger partial charge in [0, 0.05) is 74.5 Å². The Morgan fingerprint density at radius 3 is 2.56 bits per heavy atom. The van der Waals surface area contributed by atoms with E-state index in [4.69, 9.17) is 0 Å². The molecule has 6 rings (SSSR count). The molecule has 4 aromatic rings. The molecule has 5 heterocycles. The topological polar surface area (TPSA) is 80.0 Å². The number of ketones is 1. The van der Waals surface area contributed by atoms with Crippen LogP contribution in [0.2, 0.25) is 0 Å². The van der Waals surface area contributed by atoms with Crippen molar-refractivity contribution in [3.05, 3.63) is 66.6 Å². The Kier molecular flexibility index (Phi) is 5.30. The normalized spacial score (nSPS) is 16.8. The Balaban J connectivity index is 1.18. The van der Waals surface area contributed by atoms with Crippen LogP contribution in [-0.2, 0) is 13.5 Å². The lowest BCUT2D eigenvalue weighted by Crippen LogP contribution is -2.47. The highest BCUT2D eigenvalue weighted by Crippen LogP contribution is 2.28. The highest BCUT2D eigenvalue weighted by molar-refractivity contribution is 5.98. The molecule has 8 nitrogen and oxygen atoms in total. The maximum Gasteiger partial charge on any atom is 0.169 e. The van der Waals surface area contributed by atoms with E-state index in [2.05, 4.69) is 29.7 Å². The van der Waals surface area contributed by atoms with E-state index in [0.717, 1.165) is 65.9 Å². The van der Waals surface area contributed by atoms with E-state index in [9.17, 15) is 4.79 Å². The van der Waals surface area contributed by atoms with Crippen molar-refractivity contribution in [2.24, 2.45) is 7.05 Å². The zero-order chi connectivity index (χ0) is 23.1. The lowest BCUT2D eigenvalue weighted by atomic mass is 10.1. The van der Waals surface area contributed by atoms with Gasteiger partial charge in [-0.2, -0.15) is 0 Å². The van der Waals surface area contributed by atoms with Gasteiger partial charge in [0.25, 0.3) is 0 Å². The molecule has 0 N–H and O–H groups in total. The maximum atomic E-state index is 13.1. The van der Waals surface area contributed by atoms with E-state index in [1.54, 1.807) is 31.0 Å². The van der Waals surface area contributed by atoms with Gasteiger partial charge in [0.15, 0.2) is 5.78 Å². The van der Waals surface area contributed by atoms with E-state index in [1.165, 1.54) is 12.8 Å². The second-order valence-corrected chi connectivity index (χ2v) is 9.24. The number of imidazole rings is 1. The number of carbonyl (C=O) groups is 1. The summed E-state index contributed by atoms with van der Waals surface area (Å²) in [6.45, 7) is 4.06. The maximum absolute atomic E-state index is 13.1. The van der Waals surface area contributed by atoms with Gasteiger partial charge in [0.05, 0.1) is 30.3 Å². The van der Waals surface area contributed by atoms with Gasteiger partial charge in [0.2, 0.25) is 0 Å². The summed E-state index contributed by atoms with van der Waals surface area (Å²) in [5.41, 5.74) is 3.22. The molecule has 2 aliphatic rings. The molecule has 0 unspecified atom stereocenters. The number of hydrogen-bond donors (Lipinski definition) is 0. The van der Waals surface area contributed by atoms with Gasteiger partial charge >= 0.3 is 0 Å². The summed E-state index contributed by atoms with van der Waals surface area (Å²) in [5.74, 6) is 0.938. The number of carbonyl (C=O) groups excluding carboxylic acids is 1. The van der Waals surface area contributed by atoms with Gasteiger partial charge in [-0.05, 0) is 42.5 Å². The van der Waals surface area contributed by atoms with Gasteiger partial charge < -0.3 is 9.47 Å². The van der Waals surface area contributed by atoms with Crippen LogP contribution in [0.3, 0.4) is 0 Å². The van der Waals surface area contributed by atoms with Crippen molar-refractivity contribution >= 4 is 22.4 Å². The number of pyridine rings is 3. The molecule has 34 heavy (non-hydrogen) atoms. The standard InChI is InChI=1S/C26H27N7O/c1-31-17-27-16-24(31)23-11-19-10-21(29-14-20(19)15-30-23)13-25(34)18-4-5-28-26(12-18)33-8-6-32(7-9-33)22-2-3-22/h4-5,10-12,14-17,22H,2-3,6-9,13H2,1H3. The van der Waals surface area contributed by atoms with Gasteiger partial charge in [-0.15, -0.1) is 0 Å². The van der Waals surface area contributed by atoms with Gasteiger partial charge in [-0.1, -0.05) is 0 Å². The molecule has 4 aromatic heterocycles. The van der Waals surface area contributed by atoms with E-state index in [-0.39, 0.29) is 12.2 Å².